The van der Waals surface area contributed by atoms with Crippen LogP contribution in [0.5, 0.6) is 0 Å². The molecule has 0 spiro atoms. The van der Waals surface area contributed by atoms with Crippen LogP contribution in [0.15, 0.2) is 53.8 Å². The number of aryl methyl sites for hydroxylation is 1. The summed E-state index contributed by atoms with van der Waals surface area (Å²) in [4.78, 5) is 30.8. The Hall–Kier alpha value is -4.21. The van der Waals surface area contributed by atoms with Gasteiger partial charge in [0.25, 0.3) is 5.56 Å². The van der Waals surface area contributed by atoms with Crippen molar-refractivity contribution in [3.8, 4) is 5.69 Å². The predicted molar refractivity (Wildman–Crippen MR) is 116 cm³/mol. The van der Waals surface area contributed by atoms with Crippen molar-refractivity contribution in [3.05, 3.63) is 82.4 Å². The van der Waals surface area contributed by atoms with Crippen LogP contribution in [0.2, 0.25) is 0 Å². The Balaban J connectivity index is 1.85. The third-order valence-electron chi connectivity index (χ3n) is 5.42. The highest BCUT2D eigenvalue weighted by atomic mass is 19.1. The van der Waals surface area contributed by atoms with Crippen LogP contribution in [-0.4, -0.2) is 29.1 Å². The van der Waals surface area contributed by atoms with E-state index in [2.05, 4.69) is 15.0 Å². The average molecular weight is 433 g/mol. The van der Waals surface area contributed by atoms with Crippen molar-refractivity contribution >= 4 is 27.9 Å². The van der Waals surface area contributed by atoms with Gasteiger partial charge in [0, 0.05) is 6.07 Å². The maximum absolute atomic E-state index is 14.1. The molecule has 8 nitrogen and oxygen atoms in total. The van der Waals surface area contributed by atoms with E-state index in [4.69, 9.17) is 10.7 Å². The van der Waals surface area contributed by atoms with Crippen molar-refractivity contribution in [1.29, 1.82) is 0 Å². The number of fused-ring (bicyclic) bond motifs is 2. The number of hydrogen-bond donors (Lipinski definition) is 1. The Morgan fingerprint density at radius 2 is 1.81 bits per heavy atom. The van der Waals surface area contributed by atoms with Crippen molar-refractivity contribution in [1.82, 2.24) is 29.1 Å². The highest BCUT2D eigenvalue weighted by molar-refractivity contribution is 5.82. The predicted octanol–water partition coefficient (Wildman–Crippen LogP) is 3.30. The number of rotatable bonds is 3. The number of imidazole rings is 1. The molecule has 0 fully saturated rings. The second-order valence-electron chi connectivity index (χ2n) is 7.47. The molecule has 0 bridgehead atoms. The largest absolute Gasteiger partial charge is 0.382 e. The molecule has 0 saturated heterocycles. The van der Waals surface area contributed by atoms with Gasteiger partial charge in [-0.05, 0) is 37.6 Å². The van der Waals surface area contributed by atoms with Gasteiger partial charge in [0.2, 0.25) is 0 Å². The first kappa shape index (κ1) is 19.7. The molecule has 1 atom stereocenters. The molecule has 2 N–H and O–H groups in total. The molecule has 0 aliphatic carbocycles. The van der Waals surface area contributed by atoms with Crippen molar-refractivity contribution < 1.29 is 8.78 Å². The molecular weight excluding hydrogens is 416 g/mol. The first-order valence-electron chi connectivity index (χ1n) is 9.77. The van der Waals surface area contributed by atoms with Crippen LogP contribution < -0.4 is 11.3 Å². The fourth-order valence-electron chi connectivity index (χ4n) is 3.89. The number of anilines is 1. The Labute approximate surface area is 180 Å². The van der Waals surface area contributed by atoms with Crippen LogP contribution in [-0.2, 0) is 0 Å². The highest BCUT2D eigenvalue weighted by Crippen LogP contribution is 2.26. The van der Waals surface area contributed by atoms with Gasteiger partial charge >= 0.3 is 0 Å². The molecule has 0 radical (unpaired) electrons. The minimum Gasteiger partial charge on any atom is -0.382 e. The summed E-state index contributed by atoms with van der Waals surface area (Å²) in [6, 6.07) is 7.66. The van der Waals surface area contributed by atoms with E-state index in [0.29, 0.717) is 27.6 Å². The molecular formula is C22H17F2N7O. The summed E-state index contributed by atoms with van der Waals surface area (Å²) in [6.07, 6.45) is 2.83. The topological polar surface area (TPSA) is 105 Å². The van der Waals surface area contributed by atoms with E-state index in [0.717, 1.165) is 18.2 Å². The SMILES string of the molecule is Cc1cccc2nc(C(C)n3cnc4c(N)ncnc43)n(-c3cc(F)cc(F)c3)c(=O)c12. The van der Waals surface area contributed by atoms with E-state index in [1.165, 1.54) is 17.2 Å². The number of halogens is 2. The van der Waals surface area contributed by atoms with Crippen LogP contribution in [0, 0.1) is 18.6 Å². The van der Waals surface area contributed by atoms with Crippen molar-refractivity contribution in [2.24, 2.45) is 0 Å². The second kappa shape index (κ2) is 7.19. The zero-order valence-corrected chi connectivity index (χ0v) is 17.1. The van der Waals surface area contributed by atoms with Gasteiger partial charge in [0.05, 0.1) is 29.0 Å². The maximum atomic E-state index is 14.1. The molecule has 5 rings (SSSR count). The minimum absolute atomic E-state index is 0.0329. The highest BCUT2D eigenvalue weighted by Gasteiger charge is 2.23. The van der Waals surface area contributed by atoms with Crippen LogP contribution in [0.25, 0.3) is 27.8 Å². The quantitative estimate of drug-likeness (QED) is 0.468. The van der Waals surface area contributed by atoms with Gasteiger partial charge in [-0.1, -0.05) is 12.1 Å². The summed E-state index contributed by atoms with van der Waals surface area (Å²) < 4.78 is 31.1. The molecule has 0 saturated carbocycles. The van der Waals surface area contributed by atoms with Gasteiger partial charge in [-0.15, -0.1) is 0 Å². The molecule has 1 unspecified atom stereocenters. The molecule has 3 aromatic heterocycles. The van der Waals surface area contributed by atoms with E-state index < -0.39 is 23.2 Å². The first-order chi connectivity index (χ1) is 15.3. The summed E-state index contributed by atoms with van der Waals surface area (Å²) in [5, 5.41) is 0.371. The van der Waals surface area contributed by atoms with E-state index in [9.17, 15) is 13.6 Å². The van der Waals surface area contributed by atoms with Gasteiger partial charge < -0.3 is 10.3 Å². The van der Waals surface area contributed by atoms with Gasteiger partial charge in [-0.2, -0.15) is 0 Å². The number of hydrogen-bond acceptors (Lipinski definition) is 6. The summed E-state index contributed by atoms with van der Waals surface area (Å²) in [6.45, 7) is 3.57. The van der Waals surface area contributed by atoms with Crippen molar-refractivity contribution in [2.45, 2.75) is 19.9 Å². The van der Waals surface area contributed by atoms with Gasteiger partial charge in [-0.3, -0.25) is 9.36 Å². The summed E-state index contributed by atoms with van der Waals surface area (Å²) in [7, 11) is 0. The minimum atomic E-state index is -0.802. The third-order valence-corrected chi connectivity index (χ3v) is 5.42. The van der Waals surface area contributed by atoms with Crippen molar-refractivity contribution in [2.75, 3.05) is 5.73 Å². The molecule has 0 aliphatic rings. The monoisotopic (exact) mass is 433 g/mol. The third kappa shape index (κ3) is 2.99. The van der Waals surface area contributed by atoms with Gasteiger partial charge in [0.15, 0.2) is 11.5 Å². The standard InChI is InChI=1S/C22H17F2N7O/c1-11-4-3-5-16-17(11)22(32)31(15-7-13(23)6-14(24)8-15)20(29-16)12(2)30-10-28-18-19(25)26-9-27-21(18)30/h3-10,12H,1-2H3,(H2,25,26,27). The lowest BCUT2D eigenvalue weighted by Gasteiger charge is -2.20. The average Bonchev–Trinajstić information content (AvgIpc) is 3.17. The molecule has 160 valence electrons. The summed E-state index contributed by atoms with van der Waals surface area (Å²) >= 11 is 0. The lowest BCUT2D eigenvalue weighted by atomic mass is 10.1. The van der Waals surface area contributed by atoms with Gasteiger partial charge in [0.1, 0.15) is 29.3 Å². The van der Waals surface area contributed by atoms with Crippen LogP contribution in [0.3, 0.4) is 0 Å². The lowest BCUT2D eigenvalue weighted by molar-refractivity contribution is 0.570. The molecule has 3 heterocycles. The fraction of sp³-hybridized carbons (Fsp3) is 0.136. The lowest BCUT2D eigenvalue weighted by Crippen LogP contribution is -2.27. The second-order valence-corrected chi connectivity index (χ2v) is 7.47. The molecule has 32 heavy (non-hydrogen) atoms. The van der Waals surface area contributed by atoms with Crippen LogP contribution in [0.1, 0.15) is 24.4 Å². The smallest absolute Gasteiger partial charge is 0.266 e. The Morgan fingerprint density at radius 3 is 2.56 bits per heavy atom. The zero-order valence-electron chi connectivity index (χ0n) is 17.1. The normalized spacial score (nSPS) is 12.5. The number of benzene rings is 2. The van der Waals surface area contributed by atoms with E-state index in [1.54, 1.807) is 36.6 Å². The molecule has 0 amide bonds. The van der Waals surface area contributed by atoms with Gasteiger partial charge in [-0.25, -0.2) is 28.7 Å². The number of nitrogens with zero attached hydrogens (tertiary/aromatic N) is 6. The zero-order chi connectivity index (χ0) is 22.6. The molecule has 5 aromatic rings. The Bertz CT molecular complexity index is 1550. The van der Waals surface area contributed by atoms with E-state index in [-0.39, 0.29) is 17.3 Å². The number of nitrogen functional groups attached to an aromatic ring is 1. The van der Waals surface area contributed by atoms with Crippen LogP contribution in [0.4, 0.5) is 14.6 Å². The maximum Gasteiger partial charge on any atom is 0.266 e. The first-order valence-corrected chi connectivity index (χ1v) is 9.77. The molecule has 0 aliphatic heterocycles. The Morgan fingerprint density at radius 1 is 1.06 bits per heavy atom. The van der Waals surface area contributed by atoms with Crippen LogP contribution >= 0.6 is 0 Å². The van der Waals surface area contributed by atoms with E-state index in [1.807, 2.05) is 0 Å². The van der Waals surface area contributed by atoms with Crippen molar-refractivity contribution in [3.63, 3.8) is 0 Å². The number of aromatic nitrogens is 6. The van der Waals surface area contributed by atoms with E-state index >= 15 is 0 Å². The molecule has 2 aromatic carbocycles. The fourth-order valence-corrected chi connectivity index (χ4v) is 3.89. The molecule has 10 heteroatoms. The summed E-state index contributed by atoms with van der Waals surface area (Å²) in [5.41, 5.74) is 7.53. The number of nitrogens with two attached hydrogens (primary N) is 1. The summed E-state index contributed by atoms with van der Waals surface area (Å²) in [5.74, 6) is -1.13. The Kier molecular flexibility index (Phi) is 4.43.